The number of methoxy groups -OCH3 is 1. The van der Waals surface area contributed by atoms with Gasteiger partial charge in [0, 0.05) is 11.3 Å². The van der Waals surface area contributed by atoms with Crippen molar-refractivity contribution in [2.45, 2.75) is 33.7 Å². The molecule has 5 heteroatoms. The summed E-state index contributed by atoms with van der Waals surface area (Å²) in [6, 6.07) is 18.0. The Bertz CT molecular complexity index is 1290. The molecular formula is C28H27NO4. The van der Waals surface area contributed by atoms with Crippen molar-refractivity contribution in [3.05, 3.63) is 99.6 Å². The zero-order valence-electron chi connectivity index (χ0n) is 19.5. The number of Topliss-reactive ketones (excluding diaryl/α,β-unsaturated/α-hetero) is 1. The molecule has 1 heterocycles. The average molecular weight is 442 g/mol. The monoisotopic (exact) mass is 441 g/mol. The van der Waals surface area contributed by atoms with Crippen LogP contribution in [-0.4, -0.2) is 23.9 Å². The van der Waals surface area contributed by atoms with Crippen LogP contribution in [0.25, 0.3) is 5.76 Å². The number of carbonyl (C=O) groups is 2. The SMILES string of the molecule is COc1cc(C)c(/C(O)=C2\C(=O)C(=O)N(c3ccc(C)cc3)C2c2cccc(C)c2)cc1C. The second-order valence-corrected chi connectivity index (χ2v) is 8.56. The van der Waals surface area contributed by atoms with Crippen LogP contribution in [0.2, 0.25) is 0 Å². The number of benzene rings is 3. The highest BCUT2D eigenvalue weighted by atomic mass is 16.5. The van der Waals surface area contributed by atoms with E-state index >= 15 is 0 Å². The number of aliphatic hydroxyl groups is 1. The fraction of sp³-hybridized carbons (Fsp3) is 0.214. The van der Waals surface area contributed by atoms with E-state index in [9.17, 15) is 14.7 Å². The molecule has 1 aliphatic rings. The minimum absolute atomic E-state index is 0.0823. The van der Waals surface area contributed by atoms with E-state index in [0.29, 0.717) is 17.0 Å². The first-order chi connectivity index (χ1) is 15.7. The Labute approximate surface area is 193 Å². The molecule has 0 aromatic heterocycles. The molecular weight excluding hydrogens is 414 g/mol. The molecule has 168 valence electrons. The first kappa shape index (κ1) is 22.3. The van der Waals surface area contributed by atoms with E-state index < -0.39 is 17.7 Å². The van der Waals surface area contributed by atoms with Crippen molar-refractivity contribution in [2.24, 2.45) is 0 Å². The fourth-order valence-electron chi connectivity index (χ4n) is 4.37. The molecule has 1 fully saturated rings. The van der Waals surface area contributed by atoms with Gasteiger partial charge in [0.2, 0.25) is 0 Å². The van der Waals surface area contributed by atoms with Crippen LogP contribution in [0.5, 0.6) is 5.75 Å². The quantitative estimate of drug-likeness (QED) is 0.327. The first-order valence-corrected chi connectivity index (χ1v) is 10.8. The summed E-state index contributed by atoms with van der Waals surface area (Å²) in [7, 11) is 1.59. The van der Waals surface area contributed by atoms with Gasteiger partial charge in [-0.3, -0.25) is 14.5 Å². The van der Waals surface area contributed by atoms with Crippen LogP contribution in [0.15, 0.2) is 66.2 Å². The summed E-state index contributed by atoms with van der Waals surface area (Å²) >= 11 is 0. The zero-order valence-corrected chi connectivity index (χ0v) is 19.5. The van der Waals surface area contributed by atoms with E-state index in [0.717, 1.165) is 27.8 Å². The highest BCUT2D eigenvalue weighted by Crippen LogP contribution is 2.43. The van der Waals surface area contributed by atoms with Gasteiger partial charge in [0.05, 0.1) is 18.7 Å². The number of hydrogen-bond acceptors (Lipinski definition) is 4. The molecule has 1 amide bonds. The Morgan fingerprint density at radius 3 is 2.21 bits per heavy atom. The second-order valence-electron chi connectivity index (χ2n) is 8.56. The van der Waals surface area contributed by atoms with Gasteiger partial charge in [0.1, 0.15) is 11.5 Å². The van der Waals surface area contributed by atoms with Gasteiger partial charge in [-0.05, 0) is 68.7 Å². The maximum atomic E-state index is 13.3. The highest BCUT2D eigenvalue weighted by molar-refractivity contribution is 6.51. The summed E-state index contributed by atoms with van der Waals surface area (Å²) in [5, 5.41) is 11.4. The molecule has 0 aliphatic carbocycles. The zero-order chi connectivity index (χ0) is 23.9. The Morgan fingerprint density at radius 2 is 1.58 bits per heavy atom. The molecule has 5 nitrogen and oxygen atoms in total. The number of rotatable bonds is 4. The lowest BCUT2D eigenvalue weighted by Crippen LogP contribution is -2.29. The Hall–Kier alpha value is -3.86. The highest BCUT2D eigenvalue weighted by Gasteiger charge is 2.47. The number of carbonyl (C=O) groups excluding carboxylic acids is 2. The summed E-state index contributed by atoms with van der Waals surface area (Å²) < 4.78 is 5.39. The van der Waals surface area contributed by atoms with Gasteiger partial charge in [-0.15, -0.1) is 0 Å². The van der Waals surface area contributed by atoms with Gasteiger partial charge in [0.25, 0.3) is 11.7 Å². The molecule has 1 atom stereocenters. The van der Waals surface area contributed by atoms with E-state index in [4.69, 9.17) is 4.74 Å². The number of hydrogen-bond donors (Lipinski definition) is 1. The lowest BCUT2D eigenvalue weighted by atomic mass is 9.92. The van der Waals surface area contributed by atoms with Crippen LogP contribution in [0.3, 0.4) is 0 Å². The summed E-state index contributed by atoms with van der Waals surface area (Å²) in [6.45, 7) is 7.63. The van der Waals surface area contributed by atoms with Crippen LogP contribution in [0.4, 0.5) is 5.69 Å². The third-order valence-corrected chi connectivity index (χ3v) is 6.11. The molecule has 0 saturated carbocycles. The van der Waals surface area contributed by atoms with Crippen molar-refractivity contribution < 1.29 is 19.4 Å². The Morgan fingerprint density at radius 1 is 0.879 bits per heavy atom. The number of amides is 1. The van der Waals surface area contributed by atoms with Crippen LogP contribution in [-0.2, 0) is 9.59 Å². The van der Waals surface area contributed by atoms with E-state index in [1.54, 1.807) is 13.2 Å². The van der Waals surface area contributed by atoms with E-state index in [1.165, 1.54) is 4.90 Å². The van der Waals surface area contributed by atoms with Crippen molar-refractivity contribution in [1.29, 1.82) is 0 Å². The molecule has 0 bridgehead atoms. The second kappa shape index (κ2) is 8.58. The van der Waals surface area contributed by atoms with E-state index in [1.807, 2.05) is 82.3 Å². The molecule has 0 radical (unpaired) electrons. The van der Waals surface area contributed by atoms with Crippen LogP contribution in [0.1, 0.15) is 39.4 Å². The maximum Gasteiger partial charge on any atom is 0.300 e. The third kappa shape index (κ3) is 3.91. The van der Waals surface area contributed by atoms with Gasteiger partial charge >= 0.3 is 0 Å². The molecule has 3 aromatic rings. The molecule has 1 unspecified atom stereocenters. The van der Waals surface area contributed by atoms with Crippen LogP contribution in [0, 0.1) is 27.7 Å². The third-order valence-electron chi connectivity index (χ3n) is 6.11. The molecule has 1 N–H and O–H groups in total. The largest absolute Gasteiger partial charge is 0.507 e. The number of ether oxygens (including phenoxy) is 1. The summed E-state index contributed by atoms with van der Waals surface area (Å²) in [6.07, 6.45) is 0. The Kier molecular flexibility index (Phi) is 5.81. The lowest BCUT2D eigenvalue weighted by molar-refractivity contribution is -0.132. The average Bonchev–Trinajstić information content (AvgIpc) is 3.06. The molecule has 3 aromatic carbocycles. The van der Waals surface area contributed by atoms with E-state index in [-0.39, 0.29) is 11.3 Å². The Balaban J connectivity index is 1.98. The standard InChI is InChI=1S/C28H27NO4/c1-16-9-11-21(12-10-16)29-25(20-8-6-7-17(2)13-20)24(27(31)28(29)32)26(30)22-14-19(4)23(33-5)15-18(22)3/h6-15,25,30H,1-5H3/b26-24+. The van der Waals surface area contributed by atoms with Gasteiger partial charge in [-0.2, -0.15) is 0 Å². The molecule has 1 aliphatic heterocycles. The number of aliphatic hydroxyl groups excluding tert-OH is 1. The molecule has 33 heavy (non-hydrogen) atoms. The smallest absolute Gasteiger partial charge is 0.300 e. The predicted octanol–water partition coefficient (Wildman–Crippen LogP) is 5.56. The van der Waals surface area contributed by atoms with E-state index in [2.05, 4.69) is 0 Å². The summed E-state index contributed by atoms with van der Waals surface area (Å²) in [5.74, 6) is -0.848. The van der Waals surface area contributed by atoms with Gasteiger partial charge in [-0.25, -0.2) is 0 Å². The van der Waals surface area contributed by atoms with Gasteiger partial charge < -0.3 is 9.84 Å². The van der Waals surface area contributed by atoms with Gasteiger partial charge in [0.15, 0.2) is 0 Å². The van der Waals surface area contributed by atoms with Crippen molar-refractivity contribution in [1.82, 2.24) is 0 Å². The number of ketones is 1. The van der Waals surface area contributed by atoms with Crippen molar-refractivity contribution in [3.8, 4) is 5.75 Å². The molecule has 4 rings (SSSR count). The van der Waals surface area contributed by atoms with Crippen LogP contribution < -0.4 is 9.64 Å². The summed E-state index contributed by atoms with van der Waals surface area (Å²) in [4.78, 5) is 28.1. The lowest BCUT2D eigenvalue weighted by Gasteiger charge is -2.26. The normalized spacial score (nSPS) is 17.5. The molecule has 1 saturated heterocycles. The minimum atomic E-state index is -0.741. The number of anilines is 1. The first-order valence-electron chi connectivity index (χ1n) is 10.8. The summed E-state index contributed by atoms with van der Waals surface area (Å²) in [5.41, 5.74) is 5.58. The fourth-order valence-corrected chi connectivity index (χ4v) is 4.37. The minimum Gasteiger partial charge on any atom is -0.507 e. The molecule has 0 spiro atoms. The topological polar surface area (TPSA) is 66.8 Å². The van der Waals surface area contributed by atoms with Crippen molar-refractivity contribution in [2.75, 3.05) is 12.0 Å². The van der Waals surface area contributed by atoms with Gasteiger partial charge in [-0.1, -0.05) is 47.5 Å². The van der Waals surface area contributed by atoms with Crippen molar-refractivity contribution >= 4 is 23.1 Å². The van der Waals surface area contributed by atoms with Crippen LogP contribution >= 0.6 is 0 Å². The predicted molar refractivity (Wildman–Crippen MR) is 130 cm³/mol. The van der Waals surface area contributed by atoms with Crippen molar-refractivity contribution in [3.63, 3.8) is 0 Å². The number of aryl methyl sites for hydroxylation is 4. The number of nitrogens with zero attached hydrogens (tertiary/aromatic N) is 1. The maximum absolute atomic E-state index is 13.3.